The van der Waals surface area contributed by atoms with Gasteiger partial charge < -0.3 is 4.98 Å². The van der Waals surface area contributed by atoms with E-state index in [-0.39, 0.29) is 0 Å². The van der Waals surface area contributed by atoms with Crippen molar-refractivity contribution in [1.82, 2.24) is 4.98 Å². The molecule has 1 aromatic carbocycles. The largest absolute Gasteiger partial charge is 0.358 e. The lowest BCUT2D eigenvalue weighted by Gasteiger charge is -1.94. The fourth-order valence-corrected chi connectivity index (χ4v) is 2.24. The summed E-state index contributed by atoms with van der Waals surface area (Å²) in [6.07, 6.45) is 0. The Morgan fingerprint density at radius 2 is 2.08 bits per heavy atom. The summed E-state index contributed by atoms with van der Waals surface area (Å²) in [6.45, 7) is 2.03. The first kappa shape index (κ1) is 8.14. The quantitative estimate of drug-likeness (QED) is 0.724. The molecule has 0 radical (unpaired) electrons. The van der Waals surface area contributed by atoms with Gasteiger partial charge in [0.05, 0.1) is 5.52 Å². The number of nitrogens with one attached hydrogen (secondary N) is 1. The standard InChI is InChI=1S/C9H7BrClN/c1-5-2-6-3-7(11)4-8(10)9(6)12-5/h2-4,12H,1H3. The average molecular weight is 245 g/mol. The van der Waals surface area contributed by atoms with E-state index in [4.69, 9.17) is 11.6 Å². The molecule has 1 aromatic heterocycles. The smallest absolute Gasteiger partial charge is 0.0601 e. The molecule has 0 spiro atoms. The van der Waals surface area contributed by atoms with Gasteiger partial charge in [0.2, 0.25) is 0 Å². The van der Waals surface area contributed by atoms with Crippen LogP contribution in [0.5, 0.6) is 0 Å². The van der Waals surface area contributed by atoms with E-state index in [1.807, 2.05) is 19.1 Å². The Balaban J connectivity index is 2.88. The van der Waals surface area contributed by atoms with Crippen LogP contribution < -0.4 is 0 Å². The van der Waals surface area contributed by atoms with E-state index in [0.29, 0.717) is 0 Å². The van der Waals surface area contributed by atoms with E-state index in [1.165, 1.54) is 0 Å². The normalized spacial score (nSPS) is 10.9. The highest BCUT2D eigenvalue weighted by Crippen LogP contribution is 2.27. The van der Waals surface area contributed by atoms with Gasteiger partial charge in [-0.15, -0.1) is 0 Å². The van der Waals surface area contributed by atoms with E-state index in [1.54, 1.807) is 0 Å². The first-order valence-corrected chi connectivity index (χ1v) is 4.78. The van der Waals surface area contributed by atoms with Gasteiger partial charge in [-0.05, 0) is 41.1 Å². The molecule has 0 fully saturated rings. The first-order chi connectivity index (χ1) is 5.66. The zero-order chi connectivity index (χ0) is 8.72. The maximum atomic E-state index is 5.89. The minimum Gasteiger partial charge on any atom is -0.358 e. The fourth-order valence-electron chi connectivity index (χ4n) is 1.31. The molecule has 3 heteroatoms. The van der Waals surface area contributed by atoms with Gasteiger partial charge in [0.25, 0.3) is 0 Å². The summed E-state index contributed by atoms with van der Waals surface area (Å²) in [6, 6.07) is 5.91. The van der Waals surface area contributed by atoms with Crippen LogP contribution in [0, 0.1) is 6.92 Å². The molecule has 62 valence electrons. The molecule has 0 aliphatic heterocycles. The van der Waals surface area contributed by atoms with Crippen LogP contribution in [-0.4, -0.2) is 4.98 Å². The van der Waals surface area contributed by atoms with Crippen molar-refractivity contribution in [3.8, 4) is 0 Å². The number of fused-ring (bicyclic) bond motifs is 1. The van der Waals surface area contributed by atoms with E-state index < -0.39 is 0 Å². The molecule has 0 bridgehead atoms. The molecule has 0 amide bonds. The van der Waals surface area contributed by atoms with Gasteiger partial charge in [-0.2, -0.15) is 0 Å². The number of hydrogen-bond acceptors (Lipinski definition) is 0. The van der Waals surface area contributed by atoms with Crippen LogP contribution in [0.25, 0.3) is 10.9 Å². The third-order valence-corrected chi connectivity index (χ3v) is 2.62. The number of hydrogen-bond donors (Lipinski definition) is 1. The van der Waals surface area contributed by atoms with Crippen LogP contribution in [0.3, 0.4) is 0 Å². The molecule has 0 atom stereocenters. The molecular weight excluding hydrogens is 237 g/mol. The number of aromatic amines is 1. The summed E-state index contributed by atoms with van der Waals surface area (Å²) < 4.78 is 1.01. The molecule has 0 saturated carbocycles. The lowest BCUT2D eigenvalue weighted by atomic mass is 10.2. The molecule has 2 rings (SSSR count). The van der Waals surface area contributed by atoms with Gasteiger partial charge in [-0.1, -0.05) is 11.6 Å². The van der Waals surface area contributed by atoms with Gasteiger partial charge >= 0.3 is 0 Å². The predicted octanol–water partition coefficient (Wildman–Crippen LogP) is 3.89. The van der Waals surface area contributed by atoms with E-state index in [9.17, 15) is 0 Å². The predicted molar refractivity (Wildman–Crippen MR) is 55.7 cm³/mol. The van der Waals surface area contributed by atoms with Crippen molar-refractivity contribution < 1.29 is 0 Å². The molecular formula is C9H7BrClN. The summed E-state index contributed by atoms with van der Waals surface area (Å²) in [5, 5.41) is 1.90. The van der Waals surface area contributed by atoms with Crippen LogP contribution in [0.4, 0.5) is 0 Å². The summed E-state index contributed by atoms with van der Waals surface area (Å²) in [4.78, 5) is 3.25. The van der Waals surface area contributed by atoms with Gasteiger partial charge in [0, 0.05) is 20.6 Å². The SMILES string of the molecule is Cc1cc2cc(Cl)cc(Br)c2[nH]1. The van der Waals surface area contributed by atoms with Crippen LogP contribution in [0.2, 0.25) is 5.02 Å². The summed E-state index contributed by atoms with van der Waals surface area (Å²) in [5.74, 6) is 0. The van der Waals surface area contributed by atoms with Crippen LogP contribution in [0.1, 0.15) is 5.69 Å². The Bertz CT molecular complexity index is 433. The second-order valence-corrected chi connectivity index (χ2v) is 4.09. The number of aromatic nitrogens is 1. The highest BCUT2D eigenvalue weighted by molar-refractivity contribution is 9.10. The van der Waals surface area contributed by atoms with Crippen molar-refractivity contribution in [3.05, 3.63) is 33.4 Å². The Hall–Kier alpha value is -0.470. The number of H-pyrrole nitrogens is 1. The van der Waals surface area contributed by atoms with Crippen molar-refractivity contribution in [1.29, 1.82) is 0 Å². The highest BCUT2D eigenvalue weighted by atomic mass is 79.9. The summed E-state index contributed by atoms with van der Waals surface area (Å²) in [5.41, 5.74) is 2.25. The van der Waals surface area contributed by atoms with Gasteiger partial charge in [-0.25, -0.2) is 0 Å². The van der Waals surface area contributed by atoms with Gasteiger partial charge in [0.15, 0.2) is 0 Å². The third-order valence-electron chi connectivity index (χ3n) is 1.78. The number of rotatable bonds is 0. The minimum absolute atomic E-state index is 0.758. The summed E-state index contributed by atoms with van der Waals surface area (Å²) >= 11 is 9.33. The fraction of sp³-hybridized carbons (Fsp3) is 0.111. The molecule has 1 nitrogen and oxygen atoms in total. The maximum Gasteiger partial charge on any atom is 0.0601 e. The van der Waals surface area contributed by atoms with Crippen LogP contribution in [-0.2, 0) is 0 Å². The Kier molecular flexibility index (Phi) is 1.89. The zero-order valence-corrected chi connectivity index (χ0v) is 8.83. The van der Waals surface area contributed by atoms with Crippen molar-refractivity contribution in [2.45, 2.75) is 6.92 Å². The number of aryl methyl sites for hydroxylation is 1. The second kappa shape index (κ2) is 2.79. The average Bonchev–Trinajstić information content (AvgIpc) is 2.29. The molecule has 1 N–H and O–H groups in total. The molecule has 12 heavy (non-hydrogen) atoms. The summed E-state index contributed by atoms with van der Waals surface area (Å²) in [7, 11) is 0. The molecule has 2 aromatic rings. The maximum absolute atomic E-state index is 5.89. The van der Waals surface area contributed by atoms with Crippen molar-refractivity contribution >= 4 is 38.4 Å². The van der Waals surface area contributed by atoms with Crippen LogP contribution in [0.15, 0.2) is 22.7 Å². The number of halogens is 2. The topological polar surface area (TPSA) is 15.8 Å². The highest BCUT2D eigenvalue weighted by Gasteiger charge is 2.02. The van der Waals surface area contributed by atoms with Crippen molar-refractivity contribution in [2.75, 3.05) is 0 Å². The first-order valence-electron chi connectivity index (χ1n) is 3.61. The second-order valence-electron chi connectivity index (χ2n) is 2.80. The molecule has 0 unspecified atom stereocenters. The van der Waals surface area contributed by atoms with E-state index in [2.05, 4.69) is 27.0 Å². The Morgan fingerprint density at radius 1 is 1.33 bits per heavy atom. The van der Waals surface area contributed by atoms with E-state index >= 15 is 0 Å². The molecule has 0 aliphatic rings. The minimum atomic E-state index is 0.758. The third kappa shape index (κ3) is 1.25. The molecule has 0 saturated heterocycles. The van der Waals surface area contributed by atoms with E-state index in [0.717, 1.165) is 26.1 Å². The lowest BCUT2D eigenvalue weighted by Crippen LogP contribution is -1.71. The molecule has 1 heterocycles. The lowest BCUT2D eigenvalue weighted by molar-refractivity contribution is 1.30. The Morgan fingerprint density at radius 3 is 2.83 bits per heavy atom. The number of benzene rings is 1. The monoisotopic (exact) mass is 243 g/mol. The van der Waals surface area contributed by atoms with Crippen molar-refractivity contribution in [3.63, 3.8) is 0 Å². The zero-order valence-electron chi connectivity index (χ0n) is 6.49. The van der Waals surface area contributed by atoms with Crippen LogP contribution >= 0.6 is 27.5 Å². The van der Waals surface area contributed by atoms with Crippen molar-refractivity contribution in [2.24, 2.45) is 0 Å². The van der Waals surface area contributed by atoms with Gasteiger partial charge in [0.1, 0.15) is 0 Å². The molecule has 0 aliphatic carbocycles. The Labute approximate surface area is 83.9 Å². The van der Waals surface area contributed by atoms with Gasteiger partial charge in [-0.3, -0.25) is 0 Å².